The number of anilines is 1. The fourth-order valence-corrected chi connectivity index (χ4v) is 1.78. The number of piperidine rings is 1. The fraction of sp³-hybridized carbons (Fsp3) is 0.455. The number of carbonyl (C=O) groups is 1. The molecule has 2 rings (SSSR count). The van der Waals surface area contributed by atoms with Crippen LogP contribution in [-0.2, 0) is 0 Å². The molecule has 0 unspecified atom stereocenters. The maximum Gasteiger partial charge on any atom is 0.151 e. The number of hydrogen-bond donors (Lipinski definition) is 1. The van der Waals surface area contributed by atoms with Gasteiger partial charge in [-0.25, -0.2) is 4.98 Å². The molecule has 80 valence electrons. The van der Waals surface area contributed by atoms with Crippen molar-refractivity contribution in [2.75, 3.05) is 18.0 Å². The lowest BCUT2D eigenvalue weighted by atomic mass is 10.1. The van der Waals surface area contributed by atoms with Crippen LogP contribution in [0.5, 0.6) is 0 Å². The summed E-state index contributed by atoms with van der Waals surface area (Å²) in [6.45, 7) is 1.91. The van der Waals surface area contributed by atoms with Gasteiger partial charge in [-0.2, -0.15) is 0 Å². The van der Waals surface area contributed by atoms with E-state index in [0.717, 1.165) is 38.0 Å². The van der Waals surface area contributed by atoms with Gasteiger partial charge in [-0.05, 0) is 25.0 Å². The van der Waals surface area contributed by atoms with E-state index in [4.69, 9.17) is 5.73 Å². The molecule has 1 aromatic rings. The predicted molar refractivity (Wildman–Crippen MR) is 59.0 cm³/mol. The van der Waals surface area contributed by atoms with E-state index >= 15 is 0 Å². The molecule has 0 amide bonds. The molecule has 1 saturated heterocycles. The molecule has 4 heteroatoms. The van der Waals surface area contributed by atoms with Crippen LogP contribution in [0.4, 0.5) is 5.82 Å². The summed E-state index contributed by atoms with van der Waals surface area (Å²) in [5.74, 6) is 0.938. The van der Waals surface area contributed by atoms with Gasteiger partial charge >= 0.3 is 0 Å². The Bertz CT molecular complexity index is 328. The molecule has 1 aromatic heterocycles. The first-order chi connectivity index (χ1) is 7.29. The monoisotopic (exact) mass is 205 g/mol. The van der Waals surface area contributed by atoms with E-state index in [9.17, 15) is 4.79 Å². The van der Waals surface area contributed by atoms with Gasteiger partial charge in [-0.1, -0.05) is 0 Å². The smallest absolute Gasteiger partial charge is 0.151 e. The average molecular weight is 205 g/mol. The van der Waals surface area contributed by atoms with Crippen LogP contribution >= 0.6 is 0 Å². The quantitative estimate of drug-likeness (QED) is 0.726. The van der Waals surface area contributed by atoms with E-state index in [2.05, 4.69) is 9.88 Å². The first-order valence-electron chi connectivity index (χ1n) is 5.21. The summed E-state index contributed by atoms with van der Waals surface area (Å²) in [6, 6.07) is 4.01. The number of nitrogens with zero attached hydrogens (tertiary/aromatic N) is 2. The van der Waals surface area contributed by atoms with Crippen LogP contribution < -0.4 is 10.6 Å². The summed E-state index contributed by atoms with van der Waals surface area (Å²) in [7, 11) is 0. The van der Waals surface area contributed by atoms with Gasteiger partial charge in [0.15, 0.2) is 6.29 Å². The van der Waals surface area contributed by atoms with Gasteiger partial charge in [0, 0.05) is 30.9 Å². The number of nitrogens with two attached hydrogens (primary N) is 1. The first-order valence-corrected chi connectivity index (χ1v) is 5.21. The zero-order chi connectivity index (χ0) is 10.7. The molecule has 1 fully saturated rings. The molecular formula is C11H15N3O. The van der Waals surface area contributed by atoms with E-state index in [1.54, 1.807) is 12.3 Å². The molecule has 1 aliphatic rings. The van der Waals surface area contributed by atoms with Gasteiger partial charge in [-0.3, -0.25) is 4.79 Å². The molecular weight excluding hydrogens is 190 g/mol. The second-order valence-corrected chi connectivity index (χ2v) is 3.89. The Hall–Kier alpha value is -1.42. The largest absolute Gasteiger partial charge is 0.357 e. The highest BCUT2D eigenvalue weighted by Gasteiger charge is 2.16. The normalized spacial score (nSPS) is 17.8. The van der Waals surface area contributed by atoms with E-state index in [1.807, 2.05) is 6.07 Å². The Kier molecular flexibility index (Phi) is 2.97. The second kappa shape index (κ2) is 4.40. The minimum Gasteiger partial charge on any atom is -0.357 e. The Labute approximate surface area is 89.1 Å². The Morgan fingerprint density at radius 1 is 1.40 bits per heavy atom. The third-order valence-electron chi connectivity index (χ3n) is 2.77. The zero-order valence-electron chi connectivity index (χ0n) is 8.60. The van der Waals surface area contributed by atoms with Crippen molar-refractivity contribution >= 4 is 12.1 Å². The summed E-state index contributed by atoms with van der Waals surface area (Å²) in [5, 5.41) is 0. The molecule has 2 heterocycles. The lowest BCUT2D eigenvalue weighted by Crippen LogP contribution is -2.40. The van der Waals surface area contributed by atoms with Crippen molar-refractivity contribution in [3.63, 3.8) is 0 Å². The average Bonchev–Trinajstić information content (AvgIpc) is 2.30. The maximum absolute atomic E-state index is 10.5. The number of aldehydes is 1. The lowest BCUT2D eigenvalue weighted by Gasteiger charge is -2.30. The Balaban J connectivity index is 2.06. The number of hydrogen-bond acceptors (Lipinski definition) is 4. The number of aromatic nitrogens is 1. The zero-order valence-corrected chi connectivity index (χ0v) is 8.60. The van der Waals surface area contributed by atoms with Crippen LogP contribution in [0.3, 0.4) is 0 Å². The van der Waals surface area contributed by atoms with E-state index in [1.165, 1.54) is 0 Å². The minimum absolute atomic E-state index is 0.329. The Morgan fingerprint density at radius 3 is 2.67 bits per heavy atom. The summed E-state index contributed by atoms with van der Waals surface area (Å²) >= 11 is 0. The molecule has 1 aliphatic heterocycles. The number of carbonyl (C=O) groups excluding carboxylic acids is 1. The molecule has 0 atom stereocenters. The summed E-state index contributed by atoms with van der Waals surface area (Å²) in [6.07, 6.45) is 4.44. The molecule has 2 N–H and O–H groups in total. The summed E-state index contributed by atoms with van der Waals surface area (Å²) < 4.78 is 0. The van der Waals surface area contributed by atoms with Crippen molar-refractivity contribution in [3.8, 4) is 0 Å². The Morgan fingerprint density at radius 2 is 2.13 bits per heavy atom. The van der Waals surface area contributed by atoms with Crippen LogP contribution in [0.1, 0.15) is 23.2 Å². The third-order valence-corrected chi connectivity index (χ3v) is 2.77. The summed E-state index contributed by atoms with van der Waals surface area (Å²) in [4.78, 5) is 16.9. The van der Waals surface area contributed by atoms with Crippen LogP contribution in [0.15, 0.2) is 18.3 Å². The van der Waals surface area contributed by atoms with Gasteiger partial charge in [0.2, 0.25) is 0 Å². The highest BCUT2D eigenvalue weighted by molar-refractivity contribution is 5.74. The summed E-state index contributed by atoms with van der Waals surface area (Å²) in [5.41, 5.74) is 6.45. The van der Waals surface area contributed by atoms with Gasteiger partial charge in [0.1, 0.15) is 5.82 Å². The molecule has 0 aliphatic carbocycles. The highest BCUT2D eigenvalue weighted by Crippen LogP contribution is 2.16. The lowest BCUT2D eigenvalue weighted by molar-refractivity contribution is 0.112. The van der Waals surface area contributed by atoms with Crippen LogP contribution in [0.25, 0.3) is 0 Å². The molecule has 15 heavy (non-hydrogen) atoms. The van der Waals surface area contributed by atoms with Crippen molar-refractivity contribution < 1.29 is 4.79 Å². The van der Waals surface area contributed by atoms with Gasteiger partial charge < -0.3 is 10.6 Å². The molecule has 0 aromatic carbocycles. The van der Waals surface area contributed by atoms with Crippen molar-refractivity contribution in [2.24, 2.45) is 5.73 Å². The van der Waals surface area contributed by atoms with Crippen molar-refractivity contribution in [1.29, 1.82) is 0 Å². The maximum atomic E-state index is 10.5. The topological polar surface area (TPSA) is 59.2 Å². The SMILES string of the molecule is NC1CCN(c2ccc(C=O)cn2)CC1. The van der Waals surface area contributed by atoms with Crippen molar-refractivity contribution in [1.82, 2.24) is 4.98 Å². The number of rotatable bonds is 2. The fourth-order valence-electron chi connectivity index (χ4n) is 1.78. The third kappa shape index (κ3) is 2.33. The van der Waals surface area contributed by atoms with E-state index < -0.39 is 0 Å². The molecule has 0 radical (unpaired) electrons. The molecule has 0 spiro atoms. The van der Waals surface area contributed by atoms with Crippen LogP contribution in [0.2, 0.25) is 0 Å². The van der Waals surface area contributed by atoms with E-state index in [-0.39, 0.29) is 0 Å². The standard InChI is InChI=1S/C11H15N3O/c12-10-3-5-14(6-4-10)11-2-1-9(8-15)7-13-11/h1-2,7-8,10H,3-6,12H2. The first kappa shape index (κ1) is 10.1. The van der Waals surface area contributed by atoms with Crippen molar-refractivity contribution in [2.45, 2.75) is 18.9 Å². The van der Waals surface area contributed by atoms with Crippen LogP contribution in [-0.4, -0.2) is 30.4 Å². The minimum atomic E-state index is 0.329. The van der Waals surface area contributed by atoms with E-state index in [0.29, 0.717) is 11.6 Å². The van der Waals surface area contributed by atoms with Gasteiger partial charge in [-0.15, -0.1) is 0 Å². The molecule has 0 saturated carbocycles. The van der Waals surface area contributed by atoms with Crippen LogP contribution in [0, 0.1) is 0 Å². The van der Waals surface area contributed by atoms with Gasteiger partial charge in [0.05, 0.1) is 0 Å². The predicted octanol–water partition coefficient (Wildman–Crippen LogP) is 0.822. The molecule has 0 bridgehead atoms. The second-order valence-electron chi connectivity index (χ2n) is 3.89. The molecule has 4 nitrogen and oxygen atoms in total. The van der Waals surface area contributed by atoms with Crippen molar-refractivity contribution in [3.05, 3.63) is 23.9 Å². The number of pyridine rings is 1. The van der Waals surface area contributed by atoms with Gasteiger partial charge in [0.25, 0.3) is 0 Å². The highest BCUT2D eigenvalue weighted by atomic mass is 16.1.